The summed E-state index contributed by atoms with van der Waals surface area (Å²) < 4.78 is 66.3. The van der Waals surface area contributed by atoms with Gasteiger partial charge < -0.3 is 10.4 Å². The second-order valence-corrected chi connectivity index (χ2v) is 4.86. The molecule has 0 radical (unpaired) electrons. The molecule has 0 spiro atoms. The lowest BCUT2D eigenvalue weighted by atomic mass is 10.1. The van der Waals surface area contributed by atoms with Crippen molar-refractivity contribution in [2.24, 2.45) is 0 Å². The van der Waals surface area contributed by atoms with Crippen LogP contribution >= 0.6 is 0 Å². The van der Waals surface area contributed by atoms with Gasteiger partial charge in [0.2, 0.25) is 5.82 Å². The van der Waals surface area contributed by atoms with Crippen LogP contribution in [-0.2, 0) is 0 Å². The largest absolute Gasteiger partial charge is 0.507 e. The van der Waals surface area contributed by atoms with Gasteiger partial charge in [-0.15, -0.1) is 0 Å². The van der Waals surface area contributed by atoms with Crippen LogP contribution in [0.5, 0.6) is 5.75 Å². The van der Waals surface area contributed by atoms with Gasteiger partial charge in [-0.25, -0.2) is 22.0 Å². The fraction of sp³-hybridized carbons (Fsp3) is 0.133. The van der Waals surface area contributed by atoms with Crippen molar-refractivity contribution in [3.8, 4) is 5.75 Å². The fourth-order valence-corrected chi connectivity index (χ4v) is 2.03. The van der Waals surface area contributed by atoms with Crippen LogP contribution in [0.1, 0.15) is 21.5 Å². The van der Waals surface area contributed by atoms with Crippen molar-refractivity contribution in [1.82, 2.24) is 0 Å². The maximum atomic E-state index is 13.6. The monoisotopic (exact) mass is 331 g/mol. The van der Waals surface area contributed by atoms with Crippen LogP contribution in [0.3, 0.4) is 0 Å². The van der Waals surface area contributed by atoms with Gasteiger partial charge in [0.1, 0.15) is 11.3 Å². The van der Waals surface area contributed by atoms with E-state index in [1.54, 1.807) is 0 Å². The van der Waals surface area contributed by atoms with E-state index in [1.165, 1.54) is 26.0 Å². The van der Waals surface area contributed by atoms with Crippen molar-refractivity contribution < 1.29 is 31.9 Å². The lowest BCUT2D eigenvalue weighted by Gasteiger charge is -2.11. The van der Waals surface area contributed by atoms with E-state index in [-0.39, 0.29) is 11.4 Å². The Morgan fingerprint density at radius 2 is 1.26 bits per heavy atom. The Morgan fingerprint density at radius 3 is 1.70 bits per heavy atom. The first-order valence-electron chi connectivity index (χ1n) is 6.28. The van der Waals surface area contributed by atoms with Gasteiger partial charge in [-0.05, 0) is 37.1 Å². The molecule has 1 amide bonds. The second kappa shape index (κ2) is 5.86. The number of hydrogen-bond acceptors (Lipinski definition) is 2. The molecular formula is C15H10F5NO2. The van der Waals surface area contributed by atoms with Gasteiger partial charge in [-0.2, -0.15) is 0 Å². The highest BCUT2D eigenvalue weighted by atomic mass is 19.2. The molecule has 2 aromatic rings. The van der Waals surface area contributed by atoms with Gasteiger partial charge in [0, 0.05) is 5.69 Å². The van der Waals surface area contributed by atoms with Crippen LogP contribution in [0.4, 0.5) is 27.6 Å². The van der Waals surface area contributed by atoms with E-state index in [9.17, 15) is 31.9 Å². The number of phenolic OH excluding ortho intramolecular Hbond substituents is 1. The van der Waals surface area contributed by atoms with E-state index in [4.69, 9.17) is 0 Å². The maximum absolute atomic E-state index is 13.6. The molecule has 0 unspecified atom stereocenters. The predicted octanol–water partition coefficient (Wildman–Crippen LogP) is 3.96. The number of carbonyl (C=O) groups excluding carboxylic acids is 1. The first-order chi connectivity index (χ1) is 10.6. The third-order valence-corrected chi connectivity index (χ3v) is 3.19. The van der Waals surface area contributed by atoms with Crippen LogP contribution in [0.25, 0.3) is 0 Å². The van der Waals surface area contributed by atoms with Crippen molar-refractivity contribution in [2.75, 3.05) is 5.32 Å². The van der Waals surface area contributed by atoms with E-state index in [2.05, 4.69) is 0 Å². The summed E-state index contributed by atoms with van der Waals surface area (Å²) in [6.07, 6.45) is 0. The van der Waals surface area contributed by atoms with Crippen molar-refractivity contribution >= 4 is 11.6 Å². The molecule has 0 heterocycles. The number of nitrogens with one attached hydrogen (secondary N) is 1. The molecular weight excluding hydrogens is 321 g/mol. The van der Waals surface area contributed by atoms with Gasteiger partial charge in [0.15, 0.2) is 23.3 Å². The highest BCUT2D eigenvalue weighted by Crippen LogP contribution is 2.27. The van der Waals surface area contributed by atoms with E-state index < -0.39 is 40.6 Å². The predicted molar refractivity (Wildman–Crippen MR) is 71.8 cm³/mol. The maximum Gasteiger partial charge on any atom is 0.261 e. The quantitative estimate of drug-likeness (QED) is 0.379. The number of rotatable bonds is 2. The summed E-state index contributed by atoms with van der Waals surface area (Å²) in [6, 6.07) is 2.57. The SMILES string of the molecule is Cc1cc(NC(=O)c2c(F)c(F)c(F)c(F)c2F)cc(C)c1O. The van der Waals surface area contributed by atoms with Crippen molar-refractivity contribution in [3.05, 3.63) is 57.9 Å². The smallest absolute Gasteiger partial charge is 0.261 e. The van der Waals surface area contributed by atoms with Crippen molar-refractivity contribution in [3.63, 3.8) is 0 Å². The highest BCUT2D eigenvalue weighted by Gasteiger charge is 2.29. The molecule has 0 fully saturated rings. The molecule has 2 rings (SSSR count). The number of aryl methyl sites for hydroxylation is 2. The number of carbonyl (C=O) groups is 1. The van der Waals surface area contributed by atoms with Crippen molar-refractivity contribution in [2.45, 2.75) is 13.8 Å². The lowest BCUT2D eigenvalue weighted by molar-refractivity contribution is 0.101. The Bertz CT molecular complexity index is 768. The molecule has 122 valence electrons. The molecule has 0 atom stereocenters. The first-order valence-corrected chi connectivity index (χ1v) is 6.28. The van der Waals surface area contributed by atoms with Crippen molar-refractivity contribution in [1.29, 1.82) is 0 Å². The molecule has 0 aliphatic heterocycles. The van der Waals surface area contributed by atoms with E-state index in [0.29, 0.717) is 11.1 Å². The molecule has 23 heavy (non-hydrogen) atoms. The highest BCUT2D eigenvalue weighted by molar-refractivity contribution is 6.04. The molecule has 0 bridgehead atoms. The molecule has 0 aliphatic carbocycles. The van der Waals surface area contributed by atoms with Crippen LogP contribution < -0.4 is 5.32 Å². The van der Waals surface area contributed by atoms with E-state index >= 15 is 0 Å². The summed E-state index contributed by atoms with van der Waals surface area (Å²) in [6.45, 7) is 3.02. The number of anilines is 1. The van der Waals surface area contributed by atoms with Crippen LogP contribution in [0.15, 0.2) is 12.1 Å². The van der Waals surface area contributed by atoms with Gasteiger partial charge in [-0.1, -0.05) is 0 Å². The fourth-order valence-electron chi connectivity index (χ4n) is 2.03. The number of benzene rings is 2. The zero-order valence-electron chi connectivity index (χ0n) is 11.9. The third-order valence-electron chi connectivity index (χ3n) is 3.19. The molecule has 8 heteroatoms. The molecule has 0 aliphatic rings. The number of halogens is 5. The average molecular weight is 331 g/mol. The van der Waals surface area contributed by atoms with Crippen LogP contribution in [0, 0.1) is 42.9 Å². The number of aromatic hydroxyl groups is 1. The van der Waals surface area contributed by atoms with Gasteiger partial charge in [0.05, 0.1) is 0 Å². The molecule has 0 saturated carbocycles. The molecule has 2 N–H and O–H groups in total. The average Bonchev–Trinajstić information content (AvgIpc) is 2.48. The number of phenols is 1. The molecule has 0 aromatic heterocycles. The Balaban J connectivity index is 2.47. The minimum atomic E-state index is -2.34. The topological polar surface area (TPSA) is 49.3 Å². The van der Waals surface area contributed by atoms with E-state index in [1.807, 2.05) is 5.32 Å². The summed E-state index contributed by atoms with van der Waals surface area (Å²) in [5.41, 5.74) is -0.827. The van der Waals surface area contributed by atoms with Gasteiger partial charge in [0.25, 0.3) is 5.91 Å². The Labute approximate surface area is 127 Å². The van der Waals surface area contributed by atoms with Crippen LogP contribution in [-0.4, -0.2) is 11.0 Å². The summed E-state index contributed by atoms with van der Waals surface area (Å²) in [7, 11) is 0. The third kappa shape index (κ3) is 2.84. The normalized spacial score (nSPS) is 10.7. The minimum absolute atomic E-state index is 0.0340. The standard InChI is InChI=1S/C15H10F5NO2/c1-5-3-7(4-6(2)14(5)22)21-15(23)8-9(16)11(18)13(20)12(19)10(8)17/h3-4,22H,1-2H3,(H,21,23). The molecule has 3 nitrogen and oxygen atoms in total. The Hall–Kier alpha value is -2.64. The zero-order chi connectivity index (χ0) is 17.5. The Morgan fingerprint density at radius 1 is 0.870 bits per heavy atom. The summed E-state index contributed by atoms with van der Waals surface area (Å²) in [5, 5.41) is 11.6. The summed E-state index contributed by atoms with van der Waals surface area (Å²) in [5.74, 6) is -12.7. The van der Waals surface area contributed by atoms with Gasteiger partial charge in [-0.3, -0.25) is 4.79 Å². The van der Waals surface area contributed by atoms with Crippen LogP contribution in [0.2, 0.25) is 0 Å². The minimum Gasteiger partial charge on any atom is -0.507 e. The summed E-state index contributed by atoms with van der Waals surface area (Å²) in [4.78, 5) is 11.9. The zero-order valence-corrected chi connectivity index (χ0v) is 11.9. The number of amides is 1. The van der Waals surface area contributed by atoms with Gasteiger partial charge >= 0.3 is 0 Å². The first kappa shape index (κ1) is 16.7. The second-order valence-electron chi connectivity index (χ2n) is 4.86. The Kier molecular flexibility index (Phi) is 4.26. The number of hydrogen-bond donors (Lipinski definition) is 2. The molecule has 2 aromatic carbocycles. The van der Waals surface area contributed by atoms with E-state index in [0.717, 1.165) is 0 Å². The summed E-state index contributed by atoms with van der Waals surface area (Å²) >= 11 is 0. The molecule has 0 saturated heterocycles. The lowest BCUT2D eigenvalue weighted by Crippen LogP contribution is -2.19.